The predicted molar refractivity (Wildman–Crippen MR) is 87.8 cm³/mol. The van der Waals surface area contributed by atoms with E-state index in [1.807, 2.05) is 6.92 Å². The molecule has 1 rings (SSSR count). The average Bonchev–Trinajstić information content (AvgIpc) is 2.90. The topological polar surface area (TPSA) is 67.9 Å². The third-order valence-electron chi connectivity index (χ3n) is 3.47. The van der Waals surface area contributed by atoms with Crippen LogP contribution in [0.4, 0.5) is 4.79 Å². The van der Waals surface area contributed by atoms with Crippen LogP contribution in [-0.4, -0.2) is 54.8 Å². The van der Waals surface area contributed by atoms with Crippen LogP contribution in [0.25, 0.3) is 0 Å². The Labute approximate surface area is 138 Å². The number of nitrogens with one attached hydrogen (secondary N) is 1. The van der Waals surface area contributed by atoms with Crippen molar-refractivity contribution in [2.75, 3.05) is 26.3 Å². The molecule has 0 bridgehead atoms. The predicted octanol–water partition coefficient (Wildman–Crippen LogP) is 1.79. The number of rotatable bonds is 6. The van der Waals surface area contributed by atoms with Crippen molar-refractivity contribution in [1.82, 2.24) is 10.2 Å². The van der Waals surface area contributed by atoms with Gasteiger partial charge in [-0.1, -0.05) is 0 Å². The highest BCUT2D eigenvalue weighted by atomic mass is 16.6. The van der Waals surface area contributed by atoms with Crippen LogP contribution in [0.5, 0.6) is 0 Å². The summed E-state index contributed by atoms with van der Waals surface area (Å²) in [5.74, 6) is 2.62. The van der Waals surface area contributed by atoms with Gasteiger partial charge in [-0.3, -0.25) is 4.79 Å². The zero-order chi connectivity index (χ0) is 17.5. The second-order valence-corrected chi connectivity index (χ2v) is 6.71. The average molecular weight is 324 g/mol. The van der Waals surface area contributed by atoms with E-state index in [1.165, 1.54) is 0 Å². The van der Waals surface area contributed by atoms with E-state index in [4.69, 9.17) is 15.9 Å². The summed E-state index contributed by atoms with van der Waals surface area (Å²) < 4.78 is 10.6. The van der Waals surface area contributed by atoms with Gasteiger partial charge in [0.2, 0.25) is 5.91 Å². The van der Waals surface area contributed by atoms with Gasteiger partial charge in [0.1, 0.15) is 11.6 Å². The Kier molecular flexibility index (Phi) is 7.37. The van der Waals surface area contributed by atoms with Crippen molar-refractivity contribution in [3.8, 4) is 12.3 Å². The summed E-state index contributed by atoms with van der Waals surface area (Å²) in [4.78, 5) is 26.2. The van der Waals surface area contributed by atoms with Gasteiger partial charge < -0.3 is 19.7 Å². The third-order valence-corrected chi connectivity index (χ3v) is 3.47. The lowest BCUT2D eigenvalue weighted by atomic mass is 10.1. The third kappa shape index (κ3) is 6.91. The Hall–Kier alpha value is -1.74. The van der Waals surface area contributed by atoms with E-state index in [9.17, 15) is 9.59 Å². The van der Waals surface area contributed by atoms with Crippen molar-refractivity contribution in [2.24, 2.45) is 5.92 Å². The number of amides is 2. The summed E-state index contributed by atoms with van der Waals surface area (Å²) in [6, 6.07) is -0.749. The molecule has 0 aliphatic carbocycles. The molecule has 6 heteroatoms. The van der Waals surface area contributed by atoms with E-state index in [0.29, 0.717) is 32.2 Å². The van der Waals surface area contributed by atoms with Crippen molar-refractivity contribution in [2.45, 2.75) is 52.2 Å². The van der Waals surface area contributed by atoms with Crippen LogP contribution >= 0.6 is 0 Å². The highest BCUT2D eigenvalue weighted by Crippen LogP contribution is 2.18. The van der Waals surface area contributed by atoms with Crippen LogP contribution in [0.1, 0.15) is 40.5 Å². The van der Waals surface area contributed by atoms with E-state index >= 15 is 0 Å². The summed E-state index contributed by atoms with van der Waals surface area (Å²) in [6.07, 6.45) is 5.75. The van der Waals surface area contributed by atoms with E-state index in [2.05, 4.69) is 11.2 Å². The fourth-order valence-electron chi connectivity index (χ4n) is 2.44. The Balaban J connectivity index is 2.58. The van der Waals surface area contributed by atoms with Crippen LogP contribution in [-0.2, 0) is 14.3 Å². The summed E-state index contributed by atoms with van der Waals surface area (Å²) in [7, 11) is 0. The van der Waals surface area contributed by atoms with Crippen molar-refractivity contribution in [3.05, 3.63) is 0 Å². The molecule has 0 aromatic heterocycles. The van der Waals surface area contributed by atoms with Gasteiger partial charge in [0.25, 0.3) is 0 Å². The number of carbonyl (C=O) groups is 2. The van der Waals surface area contributed by atoms with Crippen molar-refractivity contribution >= 4 is 12.0 Å². The first-order chi connectivity index (χ1) is 10.8. The maximum atomic E-state index is 12.6. The van der Waals surface area contributed by atoms with Gasteiger partial charge in [0.05, 0.1) is 6.61 Å². The number of alkyl carbamates (subject to hydrolysis) is 1. The normalized spacial score (nSPS) is 19.1. The molecule has 130 valence electrons. The van der Waals surface area contributed by atoms with Crippen molar-refractivity contribution in [3.63, 3.8) is 0 Å². The molecule has 1 aliphatic rings. The number of carbonyl (C=O) groups excluding carboxylic acids is 2. The molecule has 0 unspecified atom stereocenters. The van der Waals surface area contributed by atoms with Crippen LogP contribution < -0.4 is 5.32 Å². The Morgan fingerprint density at radius 1 is 1.43 bits per heavy atom. The molecule has 0 radical (unpaired) electrons. The zero-order valence-corrected chi connectivity index (χ0v) is 14.6. The maximum absolute atomic E-state index is 12.6. The minimum absolute atomic E-state index is 0.144. The van der Waals surface area contributed by atoms with E-state index in [-0.39, 0.29) is 12.3 Å². The quantitative estimate of drug-likeness (QED) is 0.756. The molecule has 2 atom stereocenters. The van der Waals surface area contributed by atoms with Crippen LogP contribution in [0.2, 0.25) is 0 Å². The number of terminal acetylenes is 1. The monoisotopic (exact) mass is 324 g/mol. The van der Waals surface area contributed by atoms with Crippen LogP contribution in [0, 0.1) is 18.3 Å². The Morgan fingerprint density at radius 2 is 2.13 bits per heavy atom. The molecule has 0 aromatic carbocycles. The van der Waals surface area contributed by atoms with Gasteiger partial charge in [-0.2, -0.15) is 0 Å². The van der Waals surface area contributed by atoms with E-state index in [1.54, 1.807) is 25.7 Å². The maximum Gasteiger partial charge on any atom is 0.408 e. The molecule has 1 saturated heterocycles. The first-order valence-corrected chi connectivity index (χ1v) is 8.06. The fraction of sp³-hybridized carbons (Fsp3) is 0.765. The number of likely N-dealkylation sites (tertiary alicyclic amines) is 1. The van der Waals surface area contributed by atoms with Crippen LogP contribution in [0.3, 0.4) is 0 Å². The Bertz CT molecular complexity index is 450. The molecule has 0 saturated carbocycles. The van der Waals surface area contributed by atoms with Gasteiger partial charge in [-0.15, -0.1) is 12.3 Å². The van der Waals surface area contributed by atoms with Gasteiger partial charge in [0.15, 0.2) is 0 Å². The summed E-state index contributed by atoms with van der Waals surface area (Å²) in [5, 5.41) is 2.58. The molecule has 2 amide bonds. The number of hydrogen-bond donors (Lipinski definition) is 1. The highest BCUT2D eigenvalue weighted by molar-refractivity contribution is 5.86. The smallest absolute Gasteiger partial charge is 0.408 e. The second kappa shape index (κ2) is 8.78. The van der Waals surface area contributed by atoms with E-state index in [0.717, 1.165) is 6.42 Å². The SMILES string of the molecule is C#CC[C@H](NC(=O)OC(C)(C)C)C(=O)N1CC[C@@H](COCC)C1. The molecule has 1 N–H and O–H groups in total. The lowest BCUT2D eigenvalue weighted by Crippen LogP contribution is -2.49. The van der Waals surface area contributed by atoms with Gasteiger partial charge in [-0.05, 0) is 34.1 Å². The summed E-state index contributed by atoms with van der Waals surface area (Å²) in [6.45, 7) is 9.87. The van der Waals surface area contributed by atoms with Crippen molar-refractivity contribution < 1.29 is 19.1 Å². The number of ether oxygens (including phenoxy) is 2. The molecular weight excluding hydrogens is 296 g/mol. The zero-order valence-electron chi connectivity index (χ0n) is 14.6. The molecule has 1 heterocycles. The second-order valence-electron chi connectivity index (χ2n) is 6.71. The molecule has 23 heavy (non-hydrogen) atoms. The highest BCUT2D eigenvalue weighted by Gasteiger charge is 2.32. The summed E-state index contributed by atoms with van der Waals surface area (Å²) >= 11 is 0. The van der Waals surface area contributed by atoms with Crippen LogP contribution in [0.15, 0.2) is 0 Å². The number of nitrogens with zero attached hydrogens (tertiary/aromatic N) is 1. The Morgan fingerprint density at radius 3 is 2.70 bits per heavy atom. The standard InChI is InChI=1S/C17H28N2O4/c1-6-8-14(18-16(21)23-17(3,4)5)15(20)19-10-9-13(11-19)12-22-7-2/h1,13-14H,7-12H2,2-5H3,(H,18,21)/t13-,14+/m1/s1. The molecule has 0 aromatic rings. The van der Waals surface area contributed by atoms with E-state index < -0.39 is 17.7 Å². The molecule has 1 aliphatic heterocycles. The van der Waals surface area contributed by atoms with Gasteiger partial charge >= 0.3 is 6.09 Å². The lowest BCUT2D eigenvalue weighted by Gasteiger charge is -2.25. The minimum Gasteiger partial charge on any atom is -0.444 e. The summed E-state index contributed by atoms with van der Waals surface area (Å²) in [5.41, 5.74) is -0.621. The molecular formula is C17H28N2O4. The molecule has 1 fully saturated rings. The van der Waals surface area contributed by atoms with Gasteiger partial charge in [-0.25, -0.2) is 4.79 Å². The lowest BCUT2D eigenvalue weighted by molar-refractivity contribution is -0.132. The molecule has 6 nitrogen and oxygen atoms in total. The largest absolute Gasteiger partial charge is 0.444 e. The molecule has 0 spiro atoms. The fourth-order valence-corrected chi connectivity index (χ4v) is 2.44. The minimum atomic E-state index is -0.749. The van der Waals surface area contributed by atoms with Gasteiger partial charge in [0, 0.05) is 32.0 Å². The first kappa shape index (κ1) is 19.3. The first-order valence-electron chi connectivity index (χ1n) is 8.06. The van der Waals surface area contributed by atoms with Crippen molar-refractivity contribution in [1.29, 1.82) is 0 Å². The number of hydrogen-bond acceptors (Lipinski definition) is 4.